The molecule has 0 heterocycles. The minimum Gasteiger partial charge on any atom is -0.478 e. The molecule has 4 aromatic carbocycles. The molecule has 148 valence electrons. The standard InChI is InChI=1S/C25H21N3O2/c26-24(27)16-9-11-20(12-10-16)28-15-19-13-17-5-1-2-6-18(17)14-23(19)21-7-3-4-8-22(21)25(29)30/h1-14,28H,15H2,(H3,26,27)(H,29,30). The molecule has 4 rings (SSSR count). The summed E-state index contributed by atoms with van der Waals surface area (Å²) in [5, 5.41) is 22.7. The highest BCUT2D eigenvalue weighted by atomic mass is 16.4. The zero-order valence-corrected chi connectivity index (χ0v) is 16.2. The fraction of sp³-hybridized carbons (Fsp3) is 0.0400. The number of anilines is 1. The fourth-order valence-electron chi connectivity index (χ4n) is 3.55. The van der Waals surface area contributed by atoms with Crippen molar-refractivity contribution in [1.82, 2.24) is 0 Å². The number of carboxylic acid groups (broad SMARTS) is 1. The van der Waals surface area contributed by atoms with Crippen molar-refractivity contribution in [3.63, 3.8) is 0 Å². The lowest BCUT2D eigenvalue weighted by atomic mass is 9.92. The lowest BCUT2D eigenvalue weighted by molar-refractivity contribution is 0.0697. The third-order valence-electron chi connectivity index (χ3n) is 5.10. The highest BCUT2D eigenvalue weighted by Crippen LogP contribution is 2.32. The van der Waals surface area contributed by atoms with Crippen molar-refractivity contribution in [2.45, 2.75) is 6.54 Å². The molecule has 0 aliphatic heterocycles. The van der Waals surface area contributed by atoms with E-state index in [1.165, 1.54) is 0 Å². The van der Waals surface area contributed by atoms with E-state index >= 15 is 0 Å². The Kier molecular flexibility index (Phi) is 5.18. The van der Waals surface area contributed by atoms with Gasteiger partial charge in [0.1, 0.15) is 5.84 Å². The molecular weight excluding hydrogens is 374 g/mol. The zero-order chi connectivity index (χ0) is 21.1. The first-order chi connectivity index (χ1) is 14.5. The van der Waals surface area contributed by atoms with Gasteiger partial charge in [-0.1, -0.05) is 42.5 Å². The third-order valence-corrected chi connectivity index (χ3v) is 5.10. The predicted octanol–water partition coefficient (Wildman–Crippen LogP) is 5.10. The quantitative estimate of drug-likeness (QED) is 0.269. The van der Waals surface area contributed by atoms with E-state index in [1.54, 1.807) is 24.3 Å². The van der Waals surface area contributed by atoms with Crippen LogP contribution in [0.3, 0.4) is 0 Å². The Morgan fingerprint density at radius 3 is 2.17 bits per heavy atom. The number of carbonyl (C=O) groups is 1. The number of fused-ring (bicyclic) bond motifs is 1. The maximum atomic E-state index is 11.8. The van der Waals surface area contributed by atoms with Crippen molar-refractivity contribution in [1.29, 1.82) is 5.41 Å². The number of nitrogens with one attached hydrogen (secondary N) is 2. The van der Waals surface area contributed by atoms with Gasteiger partial charge in [0.25, 0.3) is 0 Å². The number of hydrogen-bond acceptors (Lipinski definition) is 3. The summed E-state index contributed by atoms with van der Waals surface area (Å²) in [5.74, 6) is -0.916. The number of carboxylic acids is 1. The number of benzene rings is 4. The second kappa shape index (κ2) is 8.09. The van der Waals surface area contributed by atoms with Gasteiger partial charge in [0.2, 0.25) is 0 Å². The van der Waals surface area contributed by atoms with Gasteiger partial charge in [-0.25, -0.2) is 4.79 Å². The van der Waals surface area contributed by atoms with Crippen LogP contribution >= 0.6 is 0 Å². The average Bonchev–Trinajstić information content (AvgIpc) is 2.77. The molecule has 0 amide bonds. The lowest BCUT2D eigenvalue weighted by Gasteiger charge is -2.15. The summed E-state index contributed by atoms with van der Waals surface area (Å²) < 4.78 is 0. The first-order valence-corrected chi connectivity index (χ1v) is 9.55. The Hall–Kier alpha value is -4.12. The van der Waals surface area contributed by atoms with Gasteiger partial charge in [-0.15, -0.1) is 0 Å². The monoisotopic (exact) mass is 395 g/mol. The van der Waals surface area contributed by atoms with Crippen molar-refractivity contribution in [2.24, 2.45) is 5.73 Å². The van der Waals surface area contributed by atoms with Crippen LogP contribution in [0.15, 0.2) is 84.9 Å². The summed E-state index contributed by atoms with van der Waals surface area (Å²) in [6.45, 7) is 0.521. The highest BCUT2D eigenvalue weighted by molar-refractivity contribution is 5.99. The minimum absolute atomic E-state index is 0.0312. The van der Waals surface area contributed by atoms with Crippen LogP contribution in [-0.2, 0) is 6.54 Å². The van der Waals surface area contributed by atoms with Crippen LogP contribution in [0.5, 0.6) is 0 Å². The molecule has 5 nitrogen and oxygen atoms in total. The number of hydrogen-bond donors (Lipinski definition) is 4. The Morgan fingerprint density at radius 1 is 0.867 bits per heavy atom. The van der Waals surface area contributed by atoms with Gasteiger partial charge >= 0.3 is 5.97 Å². The van der Waals surface area contributed by atoms with E-state index in [1.807, 2.05) is 54.6 Å². The van der Waals surface area contributed by atoms with E-state index in [2.05, 4.69) is 11.4 Å². The first kappa shape index (κ1) is 19.2. The molecule has 5 N–H and O–H groups in total. The maximum Gasteiger partial charge on any atom is 0.336 e. The van der Waals surface area contributed by atoms with E-state index in [0.717, 1.165) is 27.6 Å². The number of nitrogen functional groups attached to an aromatic ring is 1. The Balaban J connectivity index is 1.75. The summed E-state index contributed by atoms with van der Waals surface area (Å²) in [6.07, 6.45) is 0. The number of nitrogens with two attached hydrogens (primary N) is 1. The van der Waals surface area contributed by atoms with Crippen LogP contribution < -0.4 is 11.1 Å². The van der Waals surface area contributed by atoms with Crippen LogP contribution in [-0.4, -0.2) is 16.9 Å². The van der Waals surface area contributed by atoms with Crippen LogP contribution in [0.25, 0.3) is 21.9 Å². The Bertz CT molecular complexity index is 1250. The minimum atomic E-state index is -0.947. The van der Waals surface area contributed by atoms with E-state index < -0.39 is 5.97 Å². The van der Waals surface area contributed by atoms with Crippen LogP contribution in [0.2, 0.25) is 0 Å². The molecule has 0 bridgehead atoms. The largest absolute Gasteiger partial charge is 0.478 e. The molecule has 0 aliphatic carbocycles. The van der Waals surface area contributed by atoms with Gasteiger partial charge in [0.05, 0.1) is 5.56 Å². The SMILES string of the molecule is N=C(N)c1ccc(NCc2cc3ccccc3cc2-c2ccccc2C(=O)O)cc1. The summed E-state index contributed by atoms with van der Waals surface area (Å²) in [6, 6.07) is 26.6. The smallest absolute Gasteiger partial charge is 0.336 e. The van der Waals surface area contributed by atoms with Gasteiger partial charge in [0, 0.05) is 17.8 Å². The average molecular weight is 395 g/mol. The molecule has 0 atom stereocenters. The first-order valence-electron chi connectivity index (χ1n) is 9.55. The highest BCUT2D eigenvalue weighted by Gasteiger charge is 2.15. The van der Waals surface area contributed by atoms with E-state index in [4.69, 9.17) is 11.1 Å². The summed E-state index contributed by atoms with van der Waals surface area (Å²) in [7, 11) is 0. The summed E-state index contributed by atoms with van der Waals surface area (Å²) >= 11 is 0. The number of rotatable bonds is 6. The Morgan fingerprint density at radius 2 is 1.50 bits per heavy atom. The molecule has 0 saturated heterocycles. The van der Waals surface area contributed by atoms with E-state index in [9.17, 15) is 9.90 Å². The summed E-state index contributed by atoms with van der Waals surface area (Å²) in [5.41, 5.74) is 9.94. The molecule has 0 radical (unpaired) electrons. The van der Waals surface area contributed by atoms with Crippen molar-refractivity contribution >= 4 is 28.3 Å². The maximum absolute atomic E-state index is 11.8. The van der Waals surface area contributed by atoms with Gasteiger partial charge in [0.15, 0.2) is 0 Å². The molecule has 0 fully saturated rings. The number of aromatic carboxylic acids is 1. The Labute approximate surface area is 174 Å². The van der Waals surface area contributed by atoms with E-state index in [0.29, 0.717) is 17.7 Å². The fourth-order valence-corrected chi connectivity index (χ4v) is 3.55. The molecule has 4 aromatic rings. The molecule has 0 aliphatic rings. The van der Waals surface area contributed by atoms with Crippen LogP contribution in [0.1, 0.15) is 21.5 Å². The van der Waals surface area contributed by atoms with Gasteiger partial charge in [-0.2, -0.15) is 0 Å². The molecule has 30 heavy (non-hydrogen) atoms. The van der Waals surface area contributed by atoms with Crippen molar-refractivity contribution in [2.75, 3.05) is 5.32 Å². The van der Waals surface area contributed by atoms with Crippen LogP contribution in [0.4, 0.5) is 5.69 Å². The molecule has 0 unspecified atom stereocenters. The predicted molar refractivity (Wildman–Crippen MR) is 121 cm³/mol. The van der Waals surface area contributed by atoms with Gasteiger partial charge in [-0.3, -0.25) is 5.41 Å². The molecule has 5 heteroatoms. The molecular formula is C25H21N3O2. The van der Waals surface area contributed by atoms with Crippen molar-refractivity contribution in [3.05, 3.63) is 102 Å². The molecule has 0 spiro atoms. The topological polar surface area (TPSA) is 99.2 Å². The third kappa shape index (κ3) is 3.86. The van der Waals surface area contributed by atoms with Crippen LogP contribution in [0, 0.1) is 5.41 Å². The second-order valence-electron chi connectivity index (χ2n) is 7.05. The summed E-state index contributed by atoms with van der Waals surface area (Å²) in [4.78, 5) is 11.8. The second-order valence-corrected chi connectivity index (χ2v) is 7.05. The molecule has 0 aromatic heterocycles. The normalized spacial score (nSPS) is 10.7. The lowest BCUT2D eigenvalue weighted by Crippen LogP contribution is -2.10. The van der Waals surface area contributed by atoms with Crippen molar-refractivity contribution < 1.29 is 9.90 Å². The number of amidine groups is 1. The van der Waals surface area contributed by atoms with Crippen molar-refractivity contribution in [3.8, 4) is 11.1 Å². The van der Waals surface area contributed by atoms with Gasteiger partial charge < -0.3 is 16.2 Å². The molecule has 0 saturated carbocycles. The van der Waals surface area contributed by atoms with E-state index in [-0.39, 0.29) is 11.4 Å². The zero-order valence-electron chi connectivity index (χ0n) is 16.2. The van der Waals surface area contributed by atoms with Gasteiger partial charge in [-0.05, 0) is 69.9 Å².